The van der Waals surface area contributed by atoms with Gasteiger partial charge >= 0.3 is 5.97 Å². The minimum absolute atomic E-state index is 0.120. The molecule has 0 atom stereocenters. The lowest BCUT2D eigenvalue weighted by Gasteiger charge is -2.07. The Labute approximate surface area is 120 Å². The Kier molecular flexibility index (Phi) is 7.70. The molecule has 0 aliphatic rings. The quantitative estimate of drug-likeness (QED) is 0.417. The van der Waals surface area contributed by atoms with Crippen LogP contribution in [0, 0.1) is 5.82 Å². The van der Waals surface area contributed by atoms with Crippen molar-refractivity contribution in [3.05, 3.63) is 29.6 Å². The average molecular weight is 281 g/mol. The van der Waals surface area contributed by atoms with Crippen LogP contribution in [-0.2, 0) is 4.74 Å². The van der Waals surface area contributed by atoms with Crippen LogP contribution >= 0.6 is 0 Å². The number of carbonyl (C=O) groups is 1. The third-order valence-electron chi connectivity index (χ3n) is 3.21. The van der Waals surface area contributed by atoms with Gasteiger partial charge in [0.2, 0.25) is 0 Å². The number of esters is 1. The Bertz CT molecular complexity index is 421. The number of benzene rings is 1. The first-order valence-electron chi connectivity index (χ1n) is 7.37. The van der Waals surface area contributed by atoms with Gasteiger partial charge in [-0.05, 0) is 24.6 Å². The first-order valence-corrected chi connectivity index (χ1v) is 7.37. The van der Waals surface area contributed by atoms with E-state index in [2.05, 4.69) is 6.92 Å². The largest absolute Gasteiger partial charge is 0.462 e. The maximum absolute atomic E-state index is 12.9. The molecular weight excluding hydrogens is 257 g/mol. The van der Waals surface area contributed by atoms with Crippen LogP contribution in [-0.4, -0.2) is 12.6 Å². The van der Waals surface area contributed by atoms with Crippen LogP contribution in [0.3, 0.4) is 0 Å². The second-order valence-corrected chi connectivity index (χ2v) is 4.99. The monoisotopic (exact) mass is 281 g/mol. The van der Waals surface area contributed by atoms with E-state index in [1.165, 1.54) is 44.2 Å². The Morgan fingerprint density at radius 1 is 1.15 bits per heavy atom. The predicted molar refractivity (Wildman–Crippen MR) is 79.1 cm³/mol. The fourth-order valence-electron chi connectivity index (χ4n) is 2.02. The lowest BCUT2D eigenvalue weighted by molar-refractivity contribution is 0.0499. The van der Waals surface area contributed by atoms with Crippen molar-refractivity contribution in [1.29, 1.82) is 0 Å². The summed E-state index contributed by atoms with van der Waals surface area (Å²) in [6.07, 6.45) is 8.16. The third kappa shape index (κ3) is 6.04. The van der Waals surface area contributed by atoms with E-state index in [9.17, 15) is 9.18 Å². The molecule has 112 valence electrons. The highest BCUT2D eigenvalue weighted by Crippen LogP contribution is 2.15. The van der Waals surface area contributed by atoms with Gasteiger partial charge in [0, 0.05) is 5.69 Å². The highest BCUT2D eigenvalue weighted by Gasteiger charge is 2.11. The van der Waals surface area contributed by atoms with Gasteiger partial charge in [-0.1, -0.05) is 45.4 Å². The van der Waals surface area contributed by atoms with Gasteiger partial charge in [-0.25, -0.2) is 9.18 Å². The molecule has 4 heteroatoms. The zero-order valence-electron chi connectivity index (χ0n) is 12.2. The molecule has 0 radical (unpaired) electrons. The molecule has 2 N–H and O–H groups in total. The second kappa shape index (κ2) is 9.34. The van der Waals surface area contributed by atoms with Gasteiger partial charge in [-0.15, -0.1) is 0 Å². The molecule has 0 saturated heterocycles. The smallest absolute Gasteiger partial charge is 0.340 e. The molecule has 1 aromatic rings. The molecule has 0 unspecified atom stereocenters. The topological polar surface area (TPSA) is 52.3 Å². The Morgan fingerprint density at radius 2 is 1.80 bits per heavy atom. The Balaban J connectivity index is 2.17. The van der Waals surface area contributed by atoms with E-state index in [1.54, 1.807) is 0 Å². The molecule has 0 aromatic heterocycles. The lowest BCUT2D eigenvalue weighted by Crippen LogP contribution is -2.09. The number of anilines is 1. The van der Waals surface area contributed by atoms with Gasteiger partial charge < -0.3 is 10.5 Å². The van der Waals surface area contributed by atoms with Gasteiger partial charge in [-0.2, -0.15) is 0 Å². The molecule has 0 amide bonds. The number of nitrogen functional groups attached to an aromatic ring is 1. The van der Waals surface area contributed by atoms with Gasteiger partial charge in [0.15, 0.2) is 0 Å². The van der Waals surface area contributed by atoms with Crippen molar-refractivity contribution in [2.24, 2.45) is 0 Å². The van der Waals surface area contributed by atoms with Crippen molar-refractivity contribution in [2.45, 2.75) is 51.9 Å². The molecule has 20 heavy (non-hydrogen) atoms. The summed E-state index contributed by atoms with van der Waals surface area (Å²) < 4.78 is 18.0. The molecule has 0 fully saturated rings. The van der Waals surface area contributed by atoms with Crippen LogP contribution in [0.15, 0.2) is 18.2 Å². The summed E-state index contributed by atoms with van der Waals surface area (Å²) in [5, 5.41) is 0. The van der Waals surface area contributed by atoms with Crippen molar-refractivity contribution < 1.29 is 13.9 Å². The minimum atomic E-state index is -0.478. The summed E-state index contributed by atoms with van der Waals surface area (Å²) in [6.45, 7) is 2.59. The van der Waals surface area contributed by atoms with E-state index in [1.807, 2.05) is 0 Å². The molecule has 0 aliphatic carbocycles. The number of unbranched alkanes of at least 4 members (excludes halogenated alkanes) is 6. The maximum Gasteiger partial charge on any atom is 0.340 e. The fourth-order valence-corrected chi connectivity index (χ4v) is 2.02. The summed E-state index contributed by atoms with van der Waals surface area (Å²) in [6, 6.07) is 3.70. The molecule has 0 heterocycles. The van der Waals surface area contributed by atoms with E-state index in [-0.39, 0.29) is 11.3 Å². The van der Waals surface area contributed by atoms with Gasteiger partial charge in [0.05, 0.1) is 12.2 Å². The van der Waals surface area contributed by atoms with Crippen LogP contribution in [0.1, 0.15) is 62.2 Å². The number of nitrogens with two attached hydrogens (primary N) is 1. The molecule has 0 bridgehead atoms. The van der Waals surface area contributed by atoms with E-state index in [0.29, 0.717) is 6.61 Å². The molecule has 0 spiro atoms. The summed E-state index contributed by atoms with van der Waals surface area (Å²) in [5.74, 6) is -0.931. The highest BCUT2D eigenvalue weighted by atomic mass is 19.1. The van der Waals surface area contributed by atoms with Crippen LogP contribution in [0.2, 0.25) is 0 Å². The summed E-state index contributed by atoms with van der Waals surface area (Å²) >= 11 is 0. The number of rotatable bonds is 9. The van der Waals surface area contributed by atoms with E-state index < -0.39 is 11.8 Å². The van der Waals surface area contributed by atoms with Crippen LogP contribution in [0.4, 0.5) is 10.1 Å². The van der Waals surface area contributed by atoms with E-state index >= 15 is 0 Å². The number of hydrogen-bond donors (Lipinski definition) is 1. The van der Waals surface area contributed by atoms with Crippen LogP contribution in [0.25, 0.3) is 0 Å². The van der Waals surface area contributed by atoms with E-state index in [4.69, 9.17) is 10.5 Å². The summed E-state index contributed by atoms with van der Waals surface area (Å²) in [4.78, 5) is 11.7. The highest BCUT2D eigenvalue weighted by molar-refractivity contribution is 5.94. The summed E-state index contributed by atoms with van der Waals surface area (Å²) in [5.41, 5.74) is 5.93. The SMILES string of the molecule is CCCCCCCCCOC(=O)c1ccc(F)cc1N. The van der Waals surface area contributed by atoms with Crippen molar-refractivity contribution in [3.63, 3.8) is 0 Å². The predicted octanol–water partition coefficient (Wildman–Crippen LogP) is 4.32. The van der Waals surface area contributed by atoms with E-state index in [0.717, 1.165) is 18.9 Å². The lowest BCUT2D eigenvalue weighted by atomic mass is 10.1. The third-order valence-corrected chi connectivity index (χ3v) is 3.21. The maximum atomic E-state index is 12.9. The molecule has 1 rings (SSSR count). The Morgan fingerprint density at radius 3 is 2.45 bits per heavy atom. The molecule has 0 saturated carbocycles. The first-order chi connectivity index (χ1) is 9.65. The van der Waals surface area contributed by atoms with Gasteiger partial charge in [0.25, 0.3) is 0 Å². The number of hydrogen-bond acceptors (Lipinski definition) is 3. The average Bonchev–Trinajstić information content (AvgIpc) is 2.41. The fraction of sp³-hybridized carbons (Fsp3) is 0.562. The van der Waals surface area contributed by atoms with Crippen molar-refractivity contribution in [3.8, 4) is 0 Å². The summed E-state index contributed by atoms with van der Waals surface area (Å²) in [7, 11) is 0. The standard InChI is InChI=1S/C16H24FNO2/c1-2-3-4-5-6-7-8-11-20-16(19)14-10-9-13(17)12-15(14)18/h9-10,12H,2-8,11,18H2,1H3. The van der Waals surface area contributed by atoms with Gasteiger partial charge in [0.1, 0.15) is 5.82 Å². The van der Waals surface area contributed by atoms with Crippen molar-refractivity contribution in [1.82, 2.24) is 0 Å². The van der Waals surface area contributed by atoms with Crippen molar-refractivity contribution in [2.75, 3.05) is 12.3 Å². The molecule has 1 aromatic carbocycles. The number of carbonyl (C=O) groups excluding carboxylic acids is 1. The molecular formula is C16H24FNO2. The second-order valence-electron chi connectivity index (χ2n) is 4.99. The first kappa shape index (κ1) is 16.5. The Hall–Kier alpha value is -1.58. The number of halogens is 1. The molecule has 0 aliphatic heterocycles. The zero-order valence-corrected chi connectivity index (χ0v) is 12.2. The normalized spacial score (nSPS) is 10.5. The zero-order chi connectivity index (χ0) is 14.8. The van der Waals surface area contributed by atoms with Crippen LogP contribution in [0.5, 0.6) is 0 Å². The minimum Gasteiger partial charge on any atom is -0.462 e. The van der Waals surface area contributed by atoms with Crippen LogP contribution < -0.4 is 5.73 Å². The number of ether oxygens (including phenoxy) is 1. The van der Waals surface area contributed by atoms with Gasteiger partial charge in [-0.3, -0.25) is 0 Å². The van der Waals surface area contributed by atoms with Crippen molar-refractivity contribution >= 4 is 11.7 Å². The molecule has 3 nitrogen and oxygen atoms in total.